The third-order valence-electron chi connectivity index (χ3n) is 1.87. The highest BCUT2D eigenvalue weighted by Crippen LogP contribution is 2.26. The molecule has 0 aliphatic carbocycles. The van der Waals surface area contributed by atoms with Crippen LogP contribution in [-0.4, -0.2) is 24.6 Å². The Morgan fingerprint density at radius 3 is 2.67 bits per heavy atom. The van der Waals surface area contributed by atoms with E-state index in [1.807, 2.05) is 6.92 Å². The molecule has 0 radical (unpaired) electrons. The Balaban J connectivity index is 2.44. The van der Waals surface area contributed by atoms with E-state index in [9.17, 15) is 9.59 Å². The zero-order chi connectivity index (χ0) is 9.14. The molecule has 2 atom stereocenters. The molecule has 12 heavy (non-hydrogen) atoms. The first kappa shape index (κ1) is 9.03. The number of rotatable bonds is 3. The second-order valence-corrected chi connectivity index (χ2v) is 2.62. The summed E-state index contributed by atoms with van der Waals surface area (Å²) in [5.41, 5.74) is 0. The van der Waals surface area contributed by atoms with Crippen LogP contribution in [0.3, 0.4) is 0 Å². The average molecular weight is 172 g/mol. The maximum atomic E-state index is 11.0. The van der Waals surface area contributed by atoms with Crippen molar-refractivity contribution in [2.45, 2.75) is 26.4 Å². The van der Waals surface area contributed by atoms with Gasteiger partial charge < -0.3 is 9.47 Å². The number of esters is 2. The molecule has 68 valence electrons. The van der Waals surface area contributed by atoms with Crippen LogP contribution < -0.4 is 0 Å². The molecule has 0 amide bonds. The van der Waals surface area contributed by atoms with Crippen LogP contribution in [0.5, 0.6) is 0 Å². The van der Waals surface area contributed by atoms with Crippen LogP contribution in [0.4, 0.5) is 0 Å². The first-order chi connectivity index (χ1) is 5.70. The van der Waals surface area contributed by atoms with Gasteiger partial charge in [-0.15, -0.1) is 0 Å². The van der Waals surface area contributed by atoms with Crippen LogP contribution in [0.15, 0.2) is 0 Å². The Hall–Kier alpha value is -1.06. The average Bonchev–Trinajstić information content (AvgIpc) is 2.01. The van der Waals surface area contributed by atoms with E-state index in [0.29, 0.717) is 13.0 Å². The molecule has 0 N–H and O–H groups in total. The second kappa shape index (κ2) is 3.56. The van der Waals surface area contributed by atoms with Gasteiger partial charge in [-0.05, 0) is 13.3 Å². The van der Waals surface area contributed by atoms with E-state index in [2.05, 4.69) is 4.74 Å². The highest BCUT2D eigenvalue weighted by molar-refractivity contribution is 5.91. The molecule has 1 heterocycles. The van der Waals surface area contributed by atoms with E-state index < -0.39 is 12.1 Å². The topological polar surface area (TPSA) is 52.6 Å². The fourth-order valence-corrected chi connectivity index (χ4v) is 1.16. The minimum absolute atomic E-state index is 0.288. The maximum absolute atomic E-state index is 11.0. The van der Waals surface area contributed by atoms with Crippen LogP contribution in [0.2, 0.25) is 0 Å². The highest BCUT2D eigenvalue weighted by Gasteiger charge is 2.46. The standard InChI is InChI=1S/C8H12O4/c1-3-5-6(12-7(5)9)8(10)11-4-2/h5-6H,3-4H2,1-2H3/t5-,6-/m1/s1. The Kier molecular flexibility index (Phi) is 2.68. The lowest BCUT2D eigenvalue weighted by Crippen LogP contribution is -2.50. The fourth-order valence-electron chi connectivity index (χ4n) is 1.16. The van der Waals surface area contributed by atoms with Gasteiger partial charge in [0.1, 0.15) is 5.92 Å². The monoisotopic (exact) mass is 172 g/mol. The molecule has 4 nitrogen and oxygen atoms in total. The van der Waals surface area contributed by atoms with Gasteiger partial charge in [-0.1, -0.05) is 6.92 Å². The van der Waals surface area contributed by atoms with E-state index in [1.54, 1.807) is 6.92 Å². The Morgan fingerprint density at radius 1 is 1.58 bits per heavy atom. The Morgan fingerprint density at radius 2 is 2.25 bits per heavy atom. The summed E-state index contributed by atoms with van der Waals surface area (Å²) in [7, 11) is 0. The number of ether oxygens (including phenoxy) is 2. The summed E-state index contributed by atoms with van der Waals surface area (Å²) in [6.07, 6.45) is -0.0232. The van der Waals surface area contributed by atoms with Gasteiger partial charge in [0, 0.05) is 0 Å². The molecule has 1 fully saturated rings. The molecule has 0 saturated carbocycles. The van der Waals surface area contributed by atoms with E-state index in [-0.39, 0.29) is 11.9 Å². The maximum Gasteiger partial charge on any atom is 0.348 e. The zero-order valence-corrected chi connectivity index (χ0v) is 7.20. The minimum atomic E-state index is -0.651. The first-order valence-corrected chi connectivity index (χ1v) is 4.07. The van der Waals surface area contributed by atoms with Gasteiger partial charge >= 0.3 is 11.9 Å². The summed E-state index contributed by atoms with van der Waals surface area (Å²) in [6.45, 7) is 3.89. The predicted octanol–water partition coefficient (Wildman–Crippen LogP) is 0.501. The van der Waals surface area contributed by atoms with Crippen LogP contribution in [0, 0.1) is 5.92 Å². The minimum Gasteiger partial charge on any atom is -0.463 e. The SMILES string of the molecule is CCOC(=O)[C@@H]1OC(=O)[C@@H]1CC. The summed E-state index contributed by atoms with van der Waals surface area (Å²) in [6, 6.07) is 0. The van der Waals surface area contributed by atoms with Gasteiger partial charge in [-0.25, -0.2) is 4.79 Å². The lowest BCUT2D eigenvalue weighted by atomic mass is 9.94. The zero-order valence-electron chi connectivity index (χ0n) is 7.20. The number of hydrogen-bond donors (Lipinski definition) is 0. The quantitative estimate of drug-likeness (QED) is 0.582. The van der Waals surface area contributed by atoms with E-state index in [1.165, 1.54) is 0 Å². The van der Waals surface area contributed by atoms with Gasteiger partial charge in [-0.2, -0.15) is 0 Å². The summed E-state index contributed by atoms with van der Waals surface area (Å²) in [4.78, 5) is 21.8. The molecule has 0 unspecified atom stereocenters. The highest BCUT2D eigenvalue weighted by atomic mass is 16.6. The predicted molar refractivity (Wildman–Crippen MR) is 40.3 cm³/mol. The van der Waals surface area contributed by atoms with Crippen LogP contribution >= 0.6 is 0 Å². The smallest absolute Gasteiger partial charge is 0.348 e. The van der Waals surface area contributed by atoms with Gasteiger partial charge in [0.05, 0.1) is 6.61 Å². The molecule has 1 aliphatic heterocycles. The number of carbonyl (C=O) groups excluding carboxylic acids is 2. The molecule has 0 aromatic carbocycles. The van der Waals surface area contributed by atoms with E-state index >= 15 is 0 Å². The van der Waals surface area contributed by atoms with E-state index in [0.717, 1.165) is 0 Å². The van der Waals surface area contributed by atoms with Crippen molar-refractivity contribution in [3.05, 3.63) is 0 Å². The fraction of sp³-hybridized carbons (Fsp3) is 0.750. The summed E-state index contributed by atoms with van der Waals surface area (Å²) in [5, 5.41) is 0. The third-order valence-corrected chi connectivity index (χ3v) is 1.87. The van der Waals surface area contributed by atoms with Crippen molar-refractivity contribution < 1.29 is 19.1 Å². The Bertz CT molecular complexity index is 199. The molecular weight excluding hydrogens is 160 g/mol. The van der Waals surface area contributed by atoms with E-state index in [4.69, 9.17) is 4.74 Å². The largest absolute Gasteiger partial charge is 0.463 e. The van der Waals surface area contributed by atoms with Gasteiger partial charge in [0.2, 0.25) is 6.10 Å². The number of carbonyl (C=O) groups is 2. The van der Waals surface area contributed by atoms with Crippen molar-refractivity contribution in [2.75, 3.05) is 6.61 Å². The molecule has 1 rings (SSSR count). The summed E-state index contributed by atoms with van der Waals surface area (Å²) < 4.78 is 9.35. The lowest BCUT2D eigenvalue weighted by Gasteiger charge is -2.32. The number of cyclic esters (lactones) is 1. The van der Waals surface area contributed by atoms with Crippen molar-refractivity contribution in [3.8, 4) is 0 Å². The number of hydrogen-bond acceptors (Lipinski definition) is 4. The molecule has 1 saturated heterocycles. The molecule has 1 aliphatic rings. The molecule has 4 heteroatoms. The third kappa shape index (κ3) is 1.42. The van der Waals surface area contributed by atoms with Crippen molar-refractivity contribution in [2.24, 2.45) is 5.92 Å². The van der Waals surface area contributed by atoms with Crippen LogP contribution in [-0.2, 0) is 19.1 Å². The van der Waals surface area contributed by atoms with Gasteiger partial charge in [0.15, 0.2) is 0 Å². The van der Waals surface area contributed by atoms with Gasteiger partial charge in [-0.3, -0.25) is 4.79 Å². The molecule has 0 aromatic rings. The van der Waals surface area contributed by atoms with Crippen LogP contribution in [0.25, 0.3) is 0 Å². The van der Waals surface area contributed by atoms with Gasteiger partial charge in [0.25, 0.3) is 0 Å². The molecule has 0 aromatic heterocycles. The van der Waals surface area contributed by atoms with Crippen molar-refractivity contribution in [1.29, 1.82) is 0 Å². The second-order valence-electron chi connectivity index (χ2n) is 2.62. The molecular formula is C8H12O4. The first-order valence-electron chi connectivity index (χ1n) is 4.07. The van der Waals surface area contributed by atoms with Crippen molar-refractivity contribution in [3.63, 3.8) is 0 Å². The van der Waals surface area contributed by atoms with Crippen LogP contribution in [0.1, 0.15) is 20.3 Å². The lowest BCUT2D eigenvalue weighted by molar-refractivity contribution is -0.198. The van der Waals surface area contributed by atoms with Crippen molar-refractivity contribution >= 4 is 11.9 Å². The van der Waals surface area contributed by atoms with Crippen molar-refractivity contribution in [1.82, 2.24) is 0 Å². The Labute approximate surface area is 70.8 Å². The molecule has 0 spiro atoms. The summed E-state index contributed by atoms with van der Waals surface area (Å²) in [5.74, 6) is -1.01. The molecule has 0 bridgehead atoms. The summed E-state index contributed by atoms with van der Waals surface area (Å²) >= 11 is 0. The normalized spacial score (nSPS) is 27.3.